The van der Waals surface area contributed by atoms with Crippen molar-refractivity contribution in [3.63, 3.8) is 0 Å². The zero-order valence-electron chi connectivity index (χ0n) is 19.2. The van der Waals surface area contributed by atoms with Gasteiger partial charge in [0.25, 0.3) is 0 Å². The maximum Gasteiger partial charge on any atom is 0.303 e. The molecule has 0 aliphatic heterocycles. The van der Waals surface area contributed by atoms with E-state index in [1.165, 1.54) is 96.3 Å². The van der Waals surface area contributed by atoms with Gasteiger partial charge in [0.15, 0.2) is 0 Å². The van der Waals surface area contributed by atoms with Crippen molar-refractivity contribution in [1.82, 2.24) is 10.6 Å². The summed E-state index contributed by atoms with van der Waals surface area (Å²) in [6.07, 6.45) is 22.9. The van der Waals surface area contributed by atoms with Crippen LogP contribution in [0.1, 0.15) is 122 Å². The van der Waals surface area contributed by atoms with Crippen LogP contribution in [-0.2, 0) is 4.79 Å². The number of carbonyl (C=O) groups is 1. The molecule has 1 saturated carbocycles. The van der Waals surface area contributed by atoms with E-state index in [9.17, 15) is 4.79 Å². The van der Waals surface area contributed by atoms with Gasteiger partial charge in [0, 0.05) is 18.5 Å². The van der Waals surface area contributed by atoms with Gasteiger partial charge in [-0.1, -0.05) is 96.8 Å². The lowest BCUT2D eigenvalue weighted by Gasteiger charge is -2.35. The van der Waals surface area contributed by atoms with E-state index in [1.807, 2.05) is 14.1 Å². The number of rotatable bonds is 18. The predicted octanol–water partition coefficient (Wildman–Crippen LogP) is 6.29. The number of carboxylic acid groups (broad SMARTS) is 1. The Morgan fingerprint density at radius 3 is 1.25 bits per heavy atom. The Bertz CT molecular complexity index is 323. The van der Waals surface area contributed by atoms with Crippen LogP contribution in [0, 0.1) is 0 Å². The molecule has 2 atom stereocenters. The molecule has 4 heteroatoms. The zero-order chi connectivity index (χ0) is 20.9. The normalized spacial score (nSPS) is 18.2. The Hall–Kier alpha value is -0.610. The molecule has 0 spiro atoms. The number of unbranched alkanes of at least 4 members (excludes halogenated alkanes) is 14. The Morgan fingerprint density at radius 1 is 0.679 bits per heavy atom. The van der Waals surface area contributed by atoms with Gasteiger partial charge in [-0.3, -0.25) is 4.79 Å². The molecule has 0 radical (unpaired) electrons. The van der Waals surface area contributed by atoms with E-state index in [4.69, 9.17) is 5.11 Å². The number of nitrogens with one attached hydrogen (secondary N) is 2. The van der Waals surface area contributed by atoms with Gasteiger partial charge >= 0.3 is 5.97 Å². The minimum absolute atomic E-state index is 0.345. The van der Waals surface area contributed by atoms with Gasteiger partial charge in [0.1, 0.15) is 0 Å². The molecule has 0 aromatic heterocycles. The van der Waals surface area contributed by atoms with Gasteiger partial charge in [-0.25, -0.2) is 0 Å². The second-order valence-electron chi connectivity index (χ2n) is 8.46. The summed E-state index contributed by atoms with van der Waals surface area (Å²) in [5, 5.41) is 15.0. The first-order chi connectivity index (χ1) is 13.7. The van der Waals surface area contributed by atoms with Crippen LogP contribution in [0.15, 0.2) is 0 Å². The van der Waals surface area contributed by atoms with Gasteiger partial charge in [-0.2, -0.15) is 0 Å². The molecule has 1 aliphatic rings. The zero-order valence-corrected chi connectivity index (χ0v) is 19.2. The van der Waals surface area contributed by atoms with Gasteiger partial charge in [-0.15, -0.1) is 0 Å². The summed E-state index contributed by atoms with van der Waals surface area (Å²) in [6.45, 7) is 2.27. The van der Waals surface area contributed by atoms with Crippen molar-refractivity contribution in [3.05, 3.63) is 0 Å². The summed E-state index contributed by atoms with van der Waals surface area (Å²) in [7, 11) is 4.04. The van der Waals surface area contributed by atoms with Crippen LogP contribution >= 0.6 is 0 Å². The van der Waals surface area contributed by atoms with Crippen molar-refractivity contribution in [2.75, 3.05) is 14.1 Å². The third kappa shape index (κ3) is 17.5. The van der Waals surface area contributed by atoms with Gasteiger partial charge < -0.3 is 15.7 Å². The summed E-state index contributed by atoms with van der Waals surface area (Å²) in [5.74, 6) is -0.653. The monoisotopic (exact) mass is 398 g/mol. The van der Waals surface area contributed by atoms with E-state index < -0.39 is 5.97 Å². The molecule has 0 bridgehead atoms. The van der Waals surface area contributed by atoms with E-state index >= 15 is 0 Å². The Morgan fingerprint density at radius 2 is 1.00 bits per heavy atom. The molecule has 28 heavy (non-hydrogen) atoms. The SMILES string of the molecule is CCCCCCCCCCCCCCCCCC(=O)O.CNC1CCC1NC. The Labute approximate surface area is 175 Å². The van der Waals surface area contributed by atoms with E-state index in [0.29, 0.717) is 6.42 Å². The van der Waals surface area contributed by atoms with E-state index in [-0.39, 0.29) is 0 Å². The number of aliphatic carboxylic acids is 1. The van der Waals surface area contributed by atoms with Crippen LogP contribution in [0.2, 0.25) is 0 Å². The summed E-state index contributed by atoms with van der Waals surface area (Å²) >= 11 is 0. The van der Waals surface area contributed by atoms with Gasteiger partial charge in [-0.05, 0) is 33.4 Å². The first kappa shape index (κ1) is 27.4. The standard InChI is InChI=1S/C18H36O2.C6H14N2/c1-2-3-4-5-6-7-8-9-10-11-12-13-14-15-16-17-18(19)20;1-7-5-3-4-6(5)8-2/h2-17H2,1H3,(H,19,20);5-8H,3-4H2,1-2H3. The third-order valence-electron chi connectivity index (χ3n) is 6.01. The van der Waals surface area contributed by atoms with Crippen LogP contribution in [-0.4, -0.2) is 37.3 Å². The van der Waals surface area contributed by atoms with E-state index in [0.717, 1.165) is 24.9 Å². The number of likely N-dealkylation sites (N-methyl/N-ethyl adjacent to an activating group) is 2. The third-order valence-corrected chi connectivity index (χ3v) is 6.01. The summed E-state index contributed by atoms with van der Waals surface area (Å²) in [5.41, 5.74) is 0. The van der Waals surface area contributed by atoms with Crippen molar-refractivity contribution >= 4 is 5.97 Å². The molecule has 1 fully saturated rings. The Kier molecular flexibility index (Phi) is 20.6. The van der Waals surface area contributed by atoms with Crippen LogP contribution in [0.3, 0.4) is 0 Å². The van der Waals surface area contributed by atoms with E-state index in [2.05, 4.69) is 17.6 Å². The van der Waals surface area contributed by atoms with Crippen LogP contribution in [0.25, 0.3) is 0 Å². The molecule has 1 aliphatic carbocycles. The van der Waals surface area contributed by atoms with Crippen molar-refractivity contribution in [2.45, 2.75) is 135 Å². The fourth-order valence-corrected chi connectivity index (χ4v) is 3.84. The van der Waals surface area contributed by atoms with Crippen molar-refractivity contribution < 1.29 is 9.90 Å². The molecule has 3 N–H and O–H groups in total. The number of carboxylic acids is 1. The summed E-state index contributed by atoms with van der Waals surface area (Å²) in [6, 6.07) is 1.47. The first-order valence-electron chi connectivity index (χ1n) is 12.2. The smallest absolute Gasteiger partial charge is 0.303 e. The van der Waals surface area contributed by atoms with Crippen LogP contribution < -0.4 is 10.6 Å². The van der Waals surface area contributed by atoms with E-state index in [1.54, 1.807) is 0 Å². The van der Waals surface area contributed by atoms with Crippen molar-refractivity contribution in [3.8, 4) is 0 Å². The maximum absolute atomic E-state index is 10.3. The molecule has 0 amide bonds. The summed E-state index contributed by atoms with van der Waals surface area (Å²) in [4.78, 5) is 10.3. The molecule has 0 saturated heterocycles. The van der Waals surface area contributed by atoms with Crippen molar-refractivity contribution in [1.29, 1.82) is 0 Å². The quantitative estimate of drug-likeness (QED) is 0.237. The second-order valence-corrected chi connectivity index (χ2v) is 8.46. The Balaban J connectivity index is 0.000000749. The highest BCUT2D eigenvalue weighted by molar-refractivity contribution is 5.66. The van der Waals surface area contributed by atoms with Crippen LogP contribution in [0.4, 0.5) is 0 Å². The highest BCUT2D eigenvalue weighted by Gasteiger charge is 2.26. The molecule has 0 heterocycles. The van der Waals surface area contributed by atoms with Crippen LogP contribution in [0.5, 0.6) is 0 Å². The molecule has 1 rings (SSSR count). The minimum Gasteiger partial charge on any atom is -0.481 e. The lowest BCUT2D eigenvalue weighted by molar-refractivity contribution is -0.137. The molecule has 168 valence electrons. The molecular formula is C24H50N2O2. The first-order valence-corrected chi connectivity index (χ1v) is 12.2. The topological polar surface area (TPSA) is 61.4 Å². The van der Waals surface area contributed by atoms with Gasteiger partial charge in [0.05, 0.1) is 0 Å². The average Bonchev–Trinajstić information content (AvgIpc) is 2.65. The summed E-state index contributed by atoms with van der Waals surface area (Å²) < 4.78 is 0. The fraction of sp³-hybridized carbons (Fsp3) is 0.958. The minimum atomic E-state index is -0.653. The number of hydrogen-bond acceptors (Lipinski definition) is 3. The maximum atomic E-state index is 10.3. The molecule has 4 nitrogen and oxygen atoms in total. The molecule has 0 aromatic rings. The highest BCUT2D eigenvalue weighted by Crippen LogP contribution is 2.18. The predicted molar refractivity (Wildman–Crippen MR) is 122 cm³/mol. The second kappa shape index (κ2) is 21.1. The lowest BCUT2D eigenvalue weighted by atomic mass is 9.87. The molecule has 2 unspecified atom stereocenters. The van der Waals surface area contributed by atoms with Crippen molar-refractivity contribution in [2.24, 2.45) is 0 Å². The molecule has 0 aromatic carbocycles. The molecular weight excluding hydrogens is 348 g/mol. The number of hydrogen-bond donors (Lipinski definition) is 3. The highest BCUT2D eigenvalue weighted by atomic mass is 16.4. The van der Waals surface area contributed by atoms with Gasteiger partial charge in [0.2, 0.25) is 0 Å². The average molecular weight is 399 g/mol. The fourth-order valence-electron chi connectivity index (χ4n) is 3.84. The lowest BCUT2D eigenvalue weighted by Crippen LogP contribution is -2.52. The largest absolute Gasteiger partial charge is 0.481 e.